The quantitative estimate of drug-likeness (QED) is 0.456. The van der Waals surface area contributed by atoms with Gasteiger partial charge in [0, 0.05) is 24.7 Å². The summed E-state index contributed by atoms with van der Waals surface area (Å²) >= 11 is 0. The molecule has 0 radical (unpaired) electrons. The van der Waals surface area contributed by atoms with Crippen molar-refractivity contribution in [1.29, 1.82) is 10.5 Å². The van der Waals surface area contributed by atoms with Crippen LogP contribution in [0.25, 0.3) is 6.08 Å². The molecular weight excluding hydrogens is 350 g/mol. The van der Waals surface area contributed by atoms with E-state index < -0.39 is 18.5 Å². The van der Waals surface area contributed by atoms with E-state index in [9.17, 15) is 9.59 Å². The van der Waals surface area contributed by atoms with Crippen LogP contribution in [-0.2, 0) is 14.3 Å². The van der Waals surface area contributed by atoms with Gasteiger partial charge in [-0.1, -0.05) is 12.1 Å². The molecule has 0 saturated heterocycles. The maximum Gasteiger partial charge on any atom is 0.331 e. The first-order valence-electron chi connectivity index (χ1n) is 8.14. The maximum absolute atomic E-state index is 12.1. The minimum absolute atomic E-state index is 0.140. The van der Waals surface area contributed by atoms with Crippen molar-refractivity contribution in [2.24, 2.45) is 0 Å². The lowest BCUT2D eigenvalue weighted by Crippen LogP contribution is -2.36. The molecule has 0 unspecified atom stereocenters. The molecule has 0 atom stereocenters. The van der Waals surface area contributed by atoms with Gasteiger partial charge in [-0.2, -0.15) is 10.5 Å². The fourth-order valence-corrected chi connectivity index (χ4v) is 2.20. The van der Waals surface area contributed by atoms with Gasteiger partial charge in [-0.05, 0) is 12.1 Å². The number of benzene rings is 1. The molecule has 1 aromatic carbocycles. The molecule has 27 heavy (non-hydrogen) atoms. The van der Waals surface area contributed by atoms with Crippen molar-refractivity contribution < 1.29 is 23.8 Å². The van der Waals surface area contributed by atoms with Gasteiger partial charge in [0.05, 0.1) is 39.2 Å². The van der Waals surface area contributed by atoms with Crippen LogP contribution in [0.4, 0.5) is 0 Å². The van der Waals surface area contributed by atoms with Crippen LogP contribution in [0.5, 0.6) is 11.5 Å². The topological polar surface area (TPSA) is 113 Å². The Labute approximate surface area is 158 Å². The Morgan fingerprint density at radius 2 is 1.78 bits per heavy atom. The van der Waals surface area contributed by atoms with Gasteiger partial charge < -0.3 is 19.1 Å². The van der Waals surface area contributed by atoms with E-state index in [2.05, 4.69) is 0 Å². The number of para-hydroxylation sites is 1. The fourth-order valence-electron chi connectivity index (χ4n) is 2.20. The van der Waals surface area contributed by atoms with Crippen molar-refractivity contribution in [2.75, 3.05) is 33.9 Å². The largest absolute Gasteiger partial charge is 0.493 e. The fraction of sp³-hybridized carbons (Fsp3) is 0.368. The number of ether oxygens (including phenoxy) is 3. The second-order valence-electron chi connectivity index (χ2n) is 5.22. The van der Waals surface area contributed by atoms with Crippen molar-refractivity contribution in [3.8, 4) is 23.6 Å². The molecule has 0 bridgehead atoms. The van der Waals surface area contributed by atoms with Crippen molar-refractivity contribution in [3.63, 3.8) is 0 Å². The summed E-state index contributed by atoms with van der Waals surface area (Å²) in [4.78, 5) is 25.3. The van der Waals surface area contributed by atoms with Gasteiger partial charge >= 0.3 is 5.97 Å². The minimum Gasteiger partial charge on any atom is -0.493 e. The monoisotopic (exact) mass is 371 g/mol. The van der Waals surface area contributed by atoms with E-state index in [1.165, 1.54) is 31.3 Å². The first-order valence-corrected chi connectivity index (χ1v) is 8.14. The van der Waals surface area contributed by atoms with E-state index in [0.29, 0.717) is 17.1 Å². The number of nitriles is 2. The Morgan fingerprint density at radius 1 is 1.11 bits per heavy atom. The number of esters is 1. The Balaban J connectivity index is 2.66. The Bertz CT molecular complexity index is 744. The van der Waals surface area contributed by atoms with E-state index in [0.717, 1.165) is 0 Å². The minimum atomic E-state index is -0.700. The predicted molar refractivity (Wildman–Crippen MR) is 96.6 cm³/mol. The summed E-state index contributed by atoms with van der Waals surface area (Å²) in [7, 11) is 3.00. The number of amides is 1. The molecule has 0 spiro atoms. The van der Waals surface area contributed by atoms with Gasteiger partial charge in [-0.25, -0.2) is 4.79 Å². The smallest absolute Gasteiger partial charge is 0.331 e. The summed E-state index contributed by atoms with van der Waals surface area (Å²) in [5.74, 6) is -0.164. The molecule has 1 amide bonds. The lowest BCUT2D eigenvalue weighted by molar-refractivity contribution is -0.148. The predicted octanol–water partition coefficient (Wildman–Crippen LogP) is 1.92. The van der Waals surface area contributed by atoms with Crippen molar-refractivity contribution in [1.82, 2.24) is 4.90 Å². The zero-order chi connectivity index (χ0) is 20.1. The third kappa shape index (κ3) is 7.09. The van der Waals surface area contributed by atoms with Crippen molar-refractivity contribution in [2.45, 2.75) is 12.8 Å². The van der Waals surface area contributed by atoms with Crippen LogP contribution < -0.4 is 9.47 Å². The van der Waals surface area contributed by atoms with E-state index in [1.807, 2.05) is 12.1 Å². The number of nitrogens with zero attached hydrogens (tertiary/aromatic N) is 3. The average molecular weight is 371 g/mol. The van der Waals surface area contributed by atoms with E-state index in [4.69, 9.17) is 24.7 Å². The van der Waals surface area contributed by atoms with Gasteiger partial charge in [-0.3, -0.25) is 4.79 Å². The molecule has 0 N–H and O–H groups in total. The summed E-state index contributed by atoms with van der Waals surface area (Å²) in [6, 6.07) is 9.08. The second kappa shape index (κ2) is 11.9. The van der Waals surface area contributed by atoms with Crippen molar-refractivity contribution in [3.05, 3.63) is 29.8 Å². The van der Waals surface area contributed by atoms with Crippen LogP contribution in [0.1, 0.15) is 18.4 Å². The zero-order valence-corrected chi connectivity index (χ0v) is 15.3. The molecule has 1 aromatic rings. The van der Waals surface area contributed by atoms with E-state index >= 15 is 0 Å². The van der Waals surface area contributed by atoms with Crippen LogP contribution in [0, 0.1) is 22.7 Å². The highest BCUT2D eigenvalue weighted by Crippen LogP contribution is 2.31. The van der Waals surface area contributed by atoms with Gasteiger partial charge in [-0.15, -0.1) is 0 Å². The molecule has 0 heterocycles. The van der Waals surface area contributed by atoms with Crippen LogP contribution in [0.2, 0.25) is 0 Å². The lowest BCUT2D eigenvalue weighted by atomic mass is 10.1. The summed E-state index contributed by atoms with van der Waals surface area (Å²) in [5, 5.41) is 17.3. The highest BCUT2D eigenvalue weighted by atomic mass is 16.5. The zero-order valence-electron chi connectivity index (χ0n) is 15.3. The molecular formula is C19H21N3O5. The van der Waals surface area contributed by atoms with Crippen molar-refractivity contribution >= 4 is 18.0 Å². The van der Waals surface area contributed by atoms with Crippen LogP contribution in [0.3, 0.4) is 0 Å². The maximum atomic E-state index is 12.1. The number of hydrogen-bond donors (Lipinski definition) is 0. The average Bonchev–Trinajstić information content (AvgIpc) is 2.69. The molecule has 0 aliphatic rings. The molecule has 1 rings (SSSR count). The van der Waals surface area contributed by atoms with E-state index in [-0.39, 0.29) is 25.9 Å². The number of methoxy groups -OCH3 is 2. The van der Waals surface area contributed by atoms with Crippen LogP contribution >= 0.6 is 0 Å². The Kier molecular flexibility index (Phi) is 9.51. The summed E-state index contributed by atoms with van der Waals surface area (Å²) in [5.41, 5.74) is 0.616. The highest BCUT2D eigenvalue weighted by Gasteiger charge is 2.15. The third-order valence-corrected chi connectivity index (χ3v) is 3.51. The second-order valence-corrected chi connectivity index (χ2v) is 5.22. The van der Waals surface area contributed by atoms with Gasteiger partial charge in [0.25, 0.3) is 5.91 Å². The molecule has 0 fully saturated rings. The molecule has 8 nitrogen and oxygen atoms in total. The highest BCUT2D eigenvalue weighted by molar-refractivity contribution is 5.89. The number of carbonyl (C=O) groups excluding carboxylic acids is 2. The number of rotatable bonds is 10. The summed E-state index contributed by atoms with van der Waals surface area (Å²) in [6.07, 6.45) is 2.96. The number of hydrogen-bond acceptors (Lipinski definition) is 7. The van der Waals surface area contributed by atoms with Gasteiger partial charge in [0.15, 0.2) is 18.1 Å². The van der Waals surface area contributed by atoms with E-state index in [1.54, 1.807) is 18.2 Å². The van der Waals surface area contributed by atoms with Gasteiger partial charge in [0.2, 0.25) is 0 Å². The molecule has 0 saturated carbocycles. The first kappa shape index (κ1) is 21.5. The Hall–Kier alpha value is -3.52. The third-order valence-electron chi connectivity index (χ3n) is 3.51. The molecule has 8 heteroatoms. The molecule has 0 aliphatic carbocycles. The standard InChI is InChI=1S/C19H21N3O5/c1-25-16-7-3-6-15(19(16)26-2)8-9-18(24)27-14-17(23)22(12-4-10-20)13-5-11-21/h3,6-9H,4-5,12-14H2,1-2H3/b9-8+. The molecule has 142 valence electrons. The first-order chi connectivity index (χ1) is 13.1. The normalized spacial score (nSPS) is 9.93. The lowest BCUT2D eigenvalue weighted by Gasteiger charge is -2.19. The number of carbonyl (C=O) groups is 2. The van der Waals surface area contributed by atoms with Gasteiger partial charge in [0.1, 0.15) is 0 Å². The van der Waals surface area contributed by atoms with Crippen LogP contribution in [0.15, 0.2) is 24.3 Å². The van der Waals surface area contributed by atoms with Crippen LogP contribution in [-0.4, -0.2) is 50.7 Å². The summed E-state index contributed by atoms with van der Waals surface area (Å²) in [6.45, 7) is -0.0912. The SMILES string of the molecule is COc1cccc(/C=C/C(=O)OCC(=O)N(CCC#N)CCC#N)c1OC. The Morgan fingerprint density at radius 3 is 2.33 bits per heavy atom. The summed E-state index contributed by atoms with van der Waals surface area (Å²) < 4.78 is 15.4. The molecule has 0 aromatic heterocycles. The molecule has 0 aliphatic heterocycles.